The normalized spacial score (nSPS) is 14.5. The van der Waals surface area contributed by atoms with Gasteiger partial charge in [-0.2, -0.15) is 0 Å². The van der Waals surface area contributed by atoms with Gasteiger partial charge in [0.2, 0.25) is 10.0 Å². The molecule has 1 saturated heterocycles. The number of anilines is 1. The SMILES string of the molecule is CN(C)S(=O)(=O)c1ccc(N2CCCCC2)c(C(=O)OCC(=O)c2ccc(Cl)cc2)c1. The summed E-state index contributed by atoms with van der Waals surface area (Å²) in [6.07, 6.45) is 3.08. The summed E-state index contributed by atoms with van der Waals surface area (Å²) in [5.74, 6) is -1.11. The molecule has 0 N–H and O–H groups in total. The van der Waals surface area contributed by atoms with Crippen LogP contribution in [0.2, 0.25) is 5.02 Å². The Bertz CT molecular complexity index is 1060. The largest absolute Gasteiger partial charge is 0.454 e. The minimum atomic E-state index is -3.73. The van der Waals surface area contributed by atoms with Crippen LogP contribution in [0.4, 0.5) is 5.69 Å². The number of hydrogen-bond donors (Lipinski definition) is 0. The summed E-state index contributed by atoms with van der Waals surface area (Å²) < 4.78 is 31.5. The third-order valence-corrected chi connectivity index (χ3v) is 7.23. The molecule has 1 fully saturated rings. The second kappa shape index (κ2) is 9.80. The zero-order chi connectivity index (χ0) is 22.6. The van der Waals surface area contributed by atoms with Crippen LogP contribution in [0.5, 0.6) is 0 Å². The average molecular weight is 465 g/mol. The molecule has 31 heavy (non-hydrogen) atoms. The van der Waals surface area contributed by atoms with Gasteiger partial charge >= 0.3 is 5.97 Å². The molecule has 1 aliphatic heterocycles. The molecule has 9 heteroatoms. The maximum Gasteiger partial charge on any atom is 0.340 e. The van der Waals surface area contributed by atoms with Gasteiger partial charge in [-0.25, -0.2) is 17.5 Å². The van der Waals surface area contributed by atoms with Gasteiger partial charge in [-0.3, -0.25) is 4.79 Å². The number of ether oxygens (including phenoxy) is 1. The van der Waals surface area contributed by atoms with Crippen molar-refractivity contribution in [3.05, 3.63) is 58.6 Å². The molecule has 0 unspecified atom stereocenters. The number of carbonyl (C=O) groups excluding carboxylic acids is 2. The van der Waals surface area contributed by atoms with Gasteiger partial charge in [0.05, 0.1) is 16.1 Å². The fraction of sp³-hybridized carbons (Fsp3) is 0.364. The number of nitrogens with zero attached hydrogens (tertiary/aromatic N) is 2. The molecular formula is C22H25ClN2O5S. The fourth-order valence-corrected chi connectivity index (χ4v) is 4.44. The summed E-state index contributed by atoms with van der Waals surface area (Å²) in [5.41, 5.74) is 1.12. The maximum atomic E-state index is 12.9. The van der Waals surface area contributed by atoms with Crippen LogP contribution in [0.3, 0.4) is 0 Å². The number of Topliss-reactive ketones (excluding diaryl/α,β-unsaturated/α-hetero) is 1. The van der Waals surface area contributed by atoms with Crippen molar-refractivity contribution in [2.45, 2.75) is 24.2 Å². The van der Waals surface area contributed by atoms with Gasteiger partial charge < -0.3 is 9.64 Å². The number of sulfonamides is 1. The van der Waals surface area contributed by atoms with Crippen molar-refractivity contribution < 1.29 is 22.7 Å². The highest BCUT2D eigenvalue weighted by Gasteiger charge is 2.25. The number of rotatable bonds is 7. The van der Waals surface area contributed by atoms with Crippen LogP contribution in [0.15, 0.2) is 47.4 Å². The van der Waals surface area contributed by atoms with Crippen molar-refractivity contribution >= 4 is 39.1 Å². The molecule has 3 rings (SSSR count). The number of halogens is 1. The van der Waals surface area contributed by atoms with E-state index in [9.17, 15) is 18.0 Å². The third kappa shape index (κ3) is 5.44. The molecule has 7 nitrogen and oxygen atoms in total. The lowest BCUT2D eigenvalue weighted by molar-refractivity contribution is 0.0475. The molecular weight excluding hydrogens is 440 g/mol. The van der Waals surface area contributed by atoms with Crippen molar-refractivity contribution in [2.24, 2.45) is 0 Å². The minimum absolute atomic E-state index is 0.00534. The average Bonchev–Trinajstić information content (AvgIpc) is 2.77. The molecule has 0 aromatic heterocycles. The van der Waals surface area contributed by atoms with Gasteiger partial charge in [-0.15, -0.1) is 0 Å². The highest BCUT2D eigenvalue weighted by atomic mass is 35.5. The van der Waals surface area contributed by atoms with E-state index in [4.69, 9.17) is 16.3 Å². The van der Waals surface area contributed by atoms with Crippen molar-refractivity contribution in [1.29, 1.82) is 0 Å². The van der Waals surface area contributed by atoms with Crippen molar-refractivity contribution in [1.82, 2.24) is 4.31 Å². The second-order valence-corrected chi connectivity index (χ2v) is 10.1. The molecule has 0 radical (unpaired) electrons. The number of benzene rings is 2. The number of ketones is 1. The van der Waals surface area contributed by atoms with Gasteiger partial charge in [0.15, 0.2) is 12.4 Å². The van der Waals surface area contributed by atoms with Gasteiger partial charge in [-0.1, -0.05) is 11.6 Å². The molecule has 0 spiro atoms. The van der Waals surface area contributed by atoms with E-state index in [0.717, 1.165) is 36.7 Å². The molecule has 0 atom stereocenters. The van der Waals surface area contributed by atoms with Crippen LogP contribution in [-0.4, -0.2) is 58.3 Å². The van der Waals surface area contributed by atoms with E-state index in [-0.39, 0.29) is 16.2 Å². The van der Waals surface area contributed by atoms with E-state index in [2.05, 4.69) is 0 Å². The van der Waals surface area contributed by atoms with Crippen LogP contribution in [0.1, 0.15) is 40.0 Å². The lowest BCUT2D eigenvalue weighted by Gasteiger charge is -2.30. The monoisotopic (exact) mass is 464 g/mol. The van der Waals surface area contributed by atoms with E-state index in [1.54, 1.807) is 30.3 Å². The molecule has 0 aliphatic carbocycles. The topological polar surface area (TPSA) is 84.0 Å². The van der Waals surface area contributed by atoms with E-state index in [1.807, 2.05) is 4.90 Å². The van der Waals surface area contributed by atoms with Crippen LogP contribution in [-0.2, 0) is 14.8 Å². The first-order chi connectivity index (χ1) is 14.7. The van der Waals surface area contributed by atoms with Crippen LogP contribution in [0, 0.1) is 0 Å². The maximum absolute atomic E-state index is 12.9. The van der Waals surface area contributed by atoms with Crippen molar-refractivity contribution in [3.63, 3.8) is 0 Å². The summed E-state index contributed by atoms with van der Waals surface area (Å²) in [6.45, 7) is 1.08. The van der Waals surface area contributed by atoms with Crippen LogP contribution < -0.4 is 4.90 Å². The van der Waals surface area contributed by atoms with Crippen molar-refractivity contribution in [3.8, 4) is 0 Å². The van der Waals surface area contributed by atoms with Crippen molar-refractivity contribution in [2.75, 3.05) is 38.7 Å². The Labute approximate surface area is 187 Å². The molecule has 0 saturated carbocycles. The van der Waals surface area contributed by atoms with E-state index < -0.39 is 22.6 Å². The highest BCUT2D eigenvalue weighted by molar-refractivity contribution is 7.89. The van der Waals surface area contributed by atoms with Crippen LogP contribution >= 0.6 is 11.6 Å². The number of carbonyl (C=O) groups is 2. The Morgan fingerprint density at radius 1 is 1.03 bits per heavy atom. The van der Waals surface area contributed by atoms with E-state index in [1.165, 1.54) is 26.2 Å². The van der Waals surface area contributed by atoms with Gasteiger partial charge in [-0.05, 0) is 61.7 Å². The minimum Gasteiger partial charge on any atom is -0.454 e. The zero-order valence-electron chi connectivity index (χ0n) is 17.5. The van der Waals surface area contributed by atoms with E-state index in [0.29, 0.717) is 16.3 Å². The molecule has 1 heterocycles. The summed E-state index contributed by atoms with van der Waals surface area (Å²) in [4.78, 5) is 27.3. The Kier molecular flexibility index (Phi) is 7.35. The Morgan fingerprint density at radius 3 is 2.29 bits per heavy atom. The smallest absolute Gasteiger partial charge is 0.340 e. The van der Waals surface area contributed by atoms with E-state index >= 15 is 0 Å². The first kappa shape index (κ1) is 23.2. The first-order valence-corrected chi connectivity index (χ1v) is 11.8. The summed E-state index contributed by atoms with van der Waals surface area (Å²) in [6, 6.07) is 10.7. The predicted molar refractivity (Wildman–Crippen MR) is 119 cm³/mol. The molecule has 1 aliphatic rings. The molecule has 2 aromatic rings. The van der Waals surface area contributed by atoms with Crippen LogP contribution in [0.25, 0.3) is 0 Å². The standard InChI is InChI=1S/C22H25ClN2O5S/c1-24(2)31(28,29)18-10-11-20(25-12-4-3-5-13-25)19(14-18)22(27)30-15-21(26)16-6-8-17(23)9-7-16/h6-11,14H,3-5,12-13,15H2,1-2H3. The number of hydrogen-bond acceptors (Lipinski definition) is 6. The third-order valence-electron chi connectivity index (χ3n) is 5.16. The molecule has 0 bridgehead atoms. The summed E-state index contributed by atoms with van der Waals surface area (Å²) in [7, 11) is -0.877. The Balaban J connectivity index is 1.87. The number of piperidine rings is 1. The second-order valence-electron chi connectivity index (χ2n) is 7.52. The fourth-order valence-electron chi connectivity index (χ4n) is 3.39. The first-order valence-electron chi connectivity index (χ1n) is 9.97. The quantitative estimate of drug-likeness (QED) is 0.459. The summed E-state index contributed by atoms with van der Waals surface area (Å²) in [5, 5.41) is 0.499. The molecule has 0 amide bonds. The lowest BCUT2D eigenvalue weighted by Crippen LogP contribution is -2.31. The number of esters is 1. The Morgan fingerprint density at radius 2 is 1.68 bits per heavy atom. The zero-order valence-corrected chi connectivity index (χ0v) is 19.1. The van der Waals surface area contributed by atoms with Gasteiger partial charge in [0, 0.05) is 37.8 Å². The summed E-state index contributed by atoms with van der Waals surface area (Å²) >= 11 is 5.84. The van der Waals surface area contributed by atoms with Gasteiger partial charge in [0.25, 0.3) is 0 Å². The Hall–Kier alpha value is -2.42. The molecule has 2 aromatic carbocycles. The molecule has 166 valence electrons. The highest BCUT2D eigenvalue weighted by Crippen LogP contribution is 2.28. The lowest BCUT2D eigenvalue weighted by atomic mass is 10.1. The predicted octanol–water partition coefficient (Wildman–Crippen LogP) is 3.62. The van der Waals surface area contributed by atoms with Gasteiger partial charge in [0.1, 0.15) is 0 Å².